The highest BCUT2D eigenvalue weighted by molar-refractivity contribution is 9.10. The zero-order valence-corrected chi connectivity index (χ0v) is 12.1. The van der Waals surface area contributed by atoms with Gasteiger partial charge in [0.05, 0.1) is 11.4 Å². The van der Waals surface area contributed by atoms with Gasteiger partial charge in [0.25, 0.3) is 0 Å². The molecule has 0 unspecified atom stereocenters. The maximum absolute atomic E-state index is 4.11. The number of nitrogens with one attached hydrogen (secondary N) is 1. The van der Waals surface area contributed by atoms with Crippen LogP contribution >= 0.6 is 15.9 Å². The average Bonchev–Trinajstić information content (AvgIpc) is 2.37. The van der Waals surface area contributed by atoms with Crippen molar-refractivity contribution in [2.24, 2.45) is 0 Å². The number of hydrogen-bond donors (Lipinski definition) is 1. The lowest BCUT2D eigenvalue weighted by atomic mass is 10.2. The van der Waals surface area contributed by atoms with Crippen molar-refractivity contribution < 1.29 is 0 Å². The Morgan fingerprint density at radius 3 is 2.78 bits per heavy atom. The molecule has 1 aromatic carbocycles. The molecule has 0 atom stereocenters. The fourth-order valence-corrected chi connectivity index (χ4v) is 2.10. The predicted molar refractivity (Wildman–Crippen MR) is 80.0 cm³/mol. The molecular weight excluding hydrogens is 290 g/mol. The smallest absolute Gasteiger partial charge is 0.0597 e. The molecule has 0 bridgehead atoms. The topological polar surface area (TPSA) is 28.2 Å². The number of pyridine rings is 1. The monoisotopic (exact) mass is 305 g/mol. The van der Waals surface area contributed by atoms with Crippen LogP contribution in [0.25, 0.3) is 0 Å². The van der Waals surface area contributed by atoms with Crippen molar-refractivity contribution in [3.05, 3.63) is 52.8 Å². The van der Waals surface area contributed by atoms with Crippen molar-refractivity contribution in [3.8, 4) is 0 Å². The first-order chi connectivity index (χ1) is 8.66. The van der Waals surface area contributed by atoms with Crippen molar-refractivity contribution in [1.29, 1.82) is 0 Å². The van der Waals surface area contributed by atoms with E-state index in [9.17, 15) is 0 Å². The van der Waals surface area contributed by atoms with Crippen molar-refractivity contribution in [2.75, 3.05) is 24.3 Å². The maximum Gasteiger partial charge on any atom is 0.0597 e. The van der Waals surface area contributed by atoms with Crippen LogP contribution in [0.1, 0.15) is 5.56 Å². The number of benzene rings is 1. The molecule has 0 aliphatic heterocycles. The van der Waals surface area contributed by atoms with Crippen LogP contribution in [0.15, 0.2) is 47.2 Å². The Bertz CT molecular complexity index is 512. The quantitative estimate of drug-likeness (QED) is 0.937. The van der Waals surface area contributed by atoms with Crippen molar-refractivity contribution in [3.63, 3.8) is 0 Å². The molecule has 2 rings (SSSR count). The fraction of sp³-hybridized carbons (Fsp3) is 0.214. The number of anilines is 2. The van der Waals surface area contributed by atoms with Gasteiger partial charge in [-0.1, -0.05) is 22.0 Å². The molecule has 0 saturated carbocycles. The minimum Gasteiger partial charge on any atom is -0.379 e. The van der Waals surface area contributed by atoms with E-state index in [2.05, 4.69) is 49.3 Å². The number of nitrogens with zero attached hydrogens (tertiary/aromatic N) is 2. The van der Waals surface area contributed by atoms with Gasteiger partial charge < -0.3 is 10.2 Å². The Morgan fingerprint density at radius 2 is 2.11 bits per heavy atom. The molecular formula is C14H16BrN3. The third kappa shape index (κ3) is 3.23. The summed E-state index contributed by atoms with van der Waals surface area (Å²) in [5.74, 6) is 0. The molecule has 0 spiro atoms. The van der Waals surface area contributed by atoms with Crippen LogP contribution in [-0.2, 0) is 6.54 Å². The van der Waals surface area contributed by atoms with E-state index in [1.807, 2.05) is 32.4 Å². The van der Waals surface area contributed by atoms with Crippen LogP contribution in [0.4, 0.5) is 11.4 Å². The Hall–Kier alpha value is -1.55. The molecule has 2 aromatic rings. The Kier molecular flexibility index (Phi) is 4.20. The first kappa shape index (κ1) is 12.9. The molecule has 94 valence electrons. The molecule has 3 nitrogen and oxygen atoms in total. The Morgan fingerprint density at radius 1 is 1.28 bits per heavy atom. The van der Waals surface area contributed by atoms with Crippen LogP contribution < -0.4 is 10.2 Å². The van der Waals surface area contributed by atoms with Crippen LogP contribution in [0.3, 0.4) is 0 Å². The average molecular weight is 306 g/mol. The van der Waals surface area contributed by atoms with Gasteiger partial charge in [0.1, 0.15) is 0 Å². The van der Waals surface area contributed by atoms with E-state index < -0.39 is 0 Å². The summed E-state index contributed by atoms with van der Waals surface area (Å²) in [6.07, 6.45) is 3.66. The van der Waals surface area contributed by atoms with Gasteiger partial charge >= 0.3 is 0 Å². The zero-order chi connectivity index (χ0) is 13.0. The minimum absolute atomic E-state index is 0.769. The normalized spacial score (nSPS) is 10.2. The minimum atomic E-state index is 0.769. The molecule has 18 heavy (non-hydrogen) atoms. The molecule has 1 N–H and O–H groups in total. The molecule has 0 radical (unpaired) electrons. The second kappa shape index (κ2) is 5.87. The van der Waals surface area contributed by atoms with Gasteiger partial charge in [-0.3, -0.25) is 4.98 Å². The molecule has 0 aliphatic rings. The number of aromatic nitrogens is 1. The van der Waals surface area contributed by atoms with Gasteiger partial charge in [-0.2, -0.15) is 0 Å². The molecule has 0 fully saturated rings. The summed E-state index contributed by atoms with van der Waals surface area (Å²) in [6, 6.07) is 10.2. The van der Waals surface area contributed by atoms with Gasteiger partial charge in [0, 0.05) is 37.5 Å². The van der Waals surface area contributed by atoms with Crippen LogP contribution in [0.5, 0.6) is 0 Å². The van der Waals surface area contributed by atoms with E-state index >= 15 is 0 Å². The Labute approximate surface area is 116 Å². The molecule has 4 heteroatoms. The van der Waals surface area contributed by atoms with Crippen molar-refractivity contribution in [1.82, 2.24) is 4.98 Å². The molecule has 0 aliphatic carbocycles. The van der Waals surface area contributed by atoms with Gasteiger partial charge in [0.2, 0.25) is 0 Å². The standard InChI is InChI=1S/C14H16BrN3/c1-18(2)14-6-5-12(15)8-13(14)17-10-11-4-3-7-16-9-11/h3-9,17H,10H2,1-2H3. The SMILES string of the molecule is CN(C)c1ccc(Br)cc1NCc1cccnc1. The summed E-state index contributed by atoms with van der Waals surface area (Å²) >= 11 is 3.50. The molecule has 1 heterocycles. The van der Waals surface area contributed by atoms with E-state index in [1.54, 1.807) is 6.20 Å². The van der Waals surface area contributed by atoms with E-state index in [-0.39, 0.29) is 0 Å². The second-order valence-corrected chi connectivity index (χ2v) is 5.19. The first-order valence-electron chi connectivity index (χ1n) is 5.76. The lowest BCUT2D eigenvalue weighted by Crippen LogP contribution is -2.12. The molecule has 0 saturated heterocycles. The highest BCUT2D eigenvalue weighted by Crippen LogP contribution is 2.28. The fourth-order valence-electron chi connectivity index (χ4n) is 1.74. The third-order valence-corrected chi connectivity index (χ3v) is 3.14. The van der Waals surface area contributed by atoms with Crippen molar-refractivity contribution >= 4 is 27.3 Å². The van der Waals surface area contributed by atoms with Gasteiger partial charge in [-0.05, 0) is 29.8 Å². The van der Waals surface area contributed by atoms with E-state index in [4.69, 9.17) is 0 Å². The summed E-state index contributed by atoms with van der Waals surface area (Å²) in [4.78, 5) is 6.21. The predicted octanol–water partition coefficient (Wildman–Crippen LogP) is 3.52. The summed E-state index contributed by atoms with van der Waals surface area (Å²) < 4.78 is 1.07. The molecule has 1 aromatic heterocycles. The number of hydrogen-bond acceptors (Lipinski definition) is 3. The maximum atomic E-state index is 4.11. The van der Waals surface area contributed by atoms with Crippen molar-refractivity contribution in [2.45, 2.75) is 6.54 Å². The zero-order valence-electron chi connectivity index (χ0n) is 10.5. The van der Waals surface area contributed by atoms with E-state index in [1.165, 1.54) is 11.3 Å². The summed E-state index contributed by atoms with van der Waals surface area (Å²) in [6.45, 7) is 0.769. The highest BCUT2D eigenvalue weighted by Gasteiger charge is 2.05. The van der Waals surface area contributed by atoms with Gasteiger partial charge in [-0.15, -0.1) is 0 Å². The first-order valence-corrected chi connectivity index (χ1v) is 6.56. The lowest BCUT2D eigenvalue weighted by molar-refractivity contribution is 1.08. The number of halogens is 1. The third-order valence-electron chi connectivity index (χ3n) is 2.65. The largest absolute Gasteiger partial charge is 0.379 e. The van der Waals surface area contributed by atoms with Crippen LogP contribution in [0, 0.1) is 0 Å². The van der Waals surface area contributed by atoms with Crippen LogP contribution in [-0.4, -0.2) is 19.1 Å². The molecule has 0 amide bonds. The summed E-state index contributed by atoms with van der Waals surface area (Å²) in [5, 5.41) is 3.44. The highest BCUT2D eigenvalue weighted by atomic mass is 79.9. The second-order valence-electron chi connectivity index (χ2n) is 4.27. The summed E-state index contributed by atoms with van der Waals surface area (Å²) in [5.41, 5.74) is 3.45. The summed E-state index contributed by atoms with van der Waals surface area (Å²) in [7, 11) is 4.08. The Balaban J connectivity index is 2.15. The van der Waals surface area contributed by atoms with E-state index in [0.717, 1.165) is 16.7 Å². The number of rotatable bonds is 4. The lowest BCUT2D eigenvalue weighted by Gasteiger charge is -2.19. The van der Waals surface area contributed by atoms with E-state index in [0.29, 0.717) is 0 Å². The van der Waals surface area contributed by atoms with Gasteiger partial charge in [0.15, 0.2) is 0 Å². The van der Waals surface area contributed by atoms with Crippen LogP contribution in [0.2, 0.25) is 0 Å². The van der Waals surface area contributed by atoms with Gasteiger partial charge in [-0.25, -0.2) is 0 Å².